The first-order chi connectivity index (χ1) is 10.8. The molecule has 0 bridgehead atoms. The second-order valence-corrected chi connectivity index (χ2v) is 9.01. The minimum atomic E-state index is -0.719. The van der Waals surface area contributed by atoms with Gasteiger partial charge in [0.25, 0.3) is 0 Å². The van der Waals surface area contributed by atoms with Crippen molar-refractivity contribution >= 4 is 17.3 Å². The van der Waals surface area contributed by atoms with Crippen molar-refractivity contribution in [3.63, 3.8) is 0 Å². The summed E-state index contributed by atoms with van der Waals surface area (Å²) in [6.07, 6.45) is 4.54. The average Bonchev–Trinajstić information content (AvgIpc) is 3.09. The Balaban J connectivity index is 1.54. The first kappa shape index (κ1) is 16.9. The van der Waals surface area contributed by atoms with Crippen LogP contribution in [0, 0.1) is 5.92 Å². The Labute approximate surface area is 141 Å². The van der Waals surface area contributed by atoms with E-state index in [2.05, 4.69) is 30.7 Å². The van der Waals surface area contributed by atoms with Gasteiger partial charge in [-0.1, -0.05) is 20.8 Å². The normalized spacial score (nSPS) is 25.1. The number of aromatic nitrogens is 1. The Hall–Kier alpha value is -0.980. The van der Waals surface area contributed by atoms with Crippen LogP contribution in [0.4, 0.5) is 0 Å². The van der Waals surface area contributed by atoms with Crippen molar-refractivity contribution in [1.29, 1.82) is 0 Å². The fourth-order valence-electron chi connectivity index (χ4n) is 3.42. The molecular weight excluding hydrogens is 312 g/mol. The van der Waals surface area contributed by atoms with Crippen LogP contribution >= 0.6 is 11.3 Å². The molecule has 3 rings (SSSR count). The molecular formula is C17H26N2O3S. The van der Waals surface area contributed by atoms with Gasteiger partial charge in [-0.3, -0.25) is 9.69 Å². The number of hydrogen-bond acceptors (Lipinski definition) is 5. The lowest BCUT2D eigenvalue weighted by molar-refractivity contribution is -0.141. The molecule has 3 heterocycles. The topological polar surface area (TPSA) is 62.7 Å². The lowest BCUT2D eigenvalue weighted by atomic mass is 9.85. The van der Waals surface area contributed by atoms with Gasteiger partial charge >= 0.3 is 5.97 Å². The summed E-state index contributed by atoms with van der Waals surface area (Å²) in [4.78, 5) is 19.4. The van der Waals surface area contributed by atoms with Gasteiger partial charge in [0.15, 0.2) is 0 Å². The summed E-state index contributed by atoms with van der Waals surface area (Å²) in [6.45, 7) is 9.82. The Morgan fingerprint density at radius 2 is 2.17 bits per heavy atom. The lowest BCUT2D eigenvalue weighted by Crippen LogP contribution is -2.43. The molecule has 1 spiro atoms. The molecule has 1 aromatic heterocycles. The van der Waals surface area contributed by atoms with Crippen molar-refractivity contribution < 1.29 is 14.6 Å². The van der Waals surface area contributed by atoms with Crippen LogP contribution in [0.15, 0.2) is 6.20 Å². The van der Waals surface area contributed by atoms with Crippen molar-refractivity contribution in [2.24, 2.45) is 5.92 Å². The number of hydrogen-bond donors (Lipinski definition) is 1. The molecule has 1 aromatic rings. The maximum Gasteiger partial charge on any atom is 0.308 e. The van der Waals surface area contributed by atoms with Crippen molar-refractivity contribution in [1.82, 2.24) is 9.88 Å². The maximum absolute atomic E-state index is 11.1. The van der Waals surface area contributed by atoms with Gasteiger partial charge in [-0.05, 0) is 19.3 Å². The second-order valence-electron chi connectivity index (χ2n) is 7.89. The van der Waals surface area contributed by atoms with Gasteiger partial charge in [0.2, 0.25) is 0 Å². The van der Waals surface area contributed by atoms with E-state index in [1.807, 2.05) is 6.20 Å². The summed E-state index contributed by atoms with van der Waals surface area (Å²) in [5, 5.41) is 10.3. The zero-order valence-electron chi connectivity index (χ0n) is 14.2. The molecule has 5 nitrogen and oxygen atoms in total. The van der Waals surface area contributed by atoms with Gasteiger partial charge in [-0.2, -0.15) is 0 Å². The molecule has 0 amide bonds. The number of carboxylic acid groups (broad SMARTS) is 1. The molecule has 2 aliphatic rings. The van der Waals surface area contributed by atoms with Gasteiger partial charge < -0.3 is 9.84 Å². The minimum Gasteiger partial charge on any atom is -0.481 e. The van der Waals surface area contributed by atoms with Crippen LogP contribution in [0.2, 0.25) is 0 Å². The van der Waals surface area contributed by atoms with Crippen LogP contribution in [0.3, 0.4) is 0 Å². The van der Waals surface area contributed by atoms with E-state index in [9.17, 15) is 4.79 Å². The molecule has 2 aliphatic heterocycles. The van der Waals surface area contributed by atoms with Crippen molar-refractivity contribution in [2.45, 2.75) is 57.6 Å². The molecule has 1 atom stereocenters. The van der Waals surface area contributed by atoms with Crippen LogP contribution in [-0.4, -0.2) is 46.3 Å². The molecule has 2 saturated heterocycles. The van der Waals surface area contributed by atoms with Gasteiger partial charge in [-0.25, -0.2) is 4.98 Å². The van der Waals surface area contributed by atoms with E-state index in [-0.39, 0.29) is 16.9 Å². The van der Waals surface area contributed by atoms with E-state index in [0.29, 0.717) is 13.0 Å². The quantitative estimate of drug-likeness (QED) is 0.918. The molecule has 0 radical (unpaired) electrons. The van der Waals surface area contributed by atoms with Crippen LogP contribution in [0.1, 0.15) is 49.9 Å². The van der Waals surface area contributed by atoms with Gasteiger partial charge in [-0.15, -0.1) is 11.3 Å². The van der Waals surface area contributed by atoms with Crippen molar-refractivity contribution in [2.75, 3.05) is 19.7 Å². The number of rotatable bonds is 3. The third kappa shape index (κ3) is 3.75. The van der Waals surface area contributed by atoms with Crippen LogP contribution < -0.4 is 0 Å². The van der Waals surface area contributed by atoms with E-state index in [1.54, 1.807) is 11.3 Å². The minimum absolute atomic E-state index is 0.110. The largest absolute Gasteiger partial charge is 0.481 e. The van der Waals surface area contributed by atoms with Gasteiger partial charge in [0.05, 0.1) is 23.1 Å². The van der Waals surface area contributed by atoms with Crippen LogP contribution in [0.25, 0.3) is 0 Å². The zero-order chi connectivity index (χ0) is 16.7. The second kappa shape index (κ2) is 6.15. The molecule has 1 unspecified atom stereocenters. The van der Waals surface area contributed by atoms with E-state index >= 15 is 0 Å². The van der Waals surface area contributed by atoms with E-state index < -0.39 is 5.97 Å². The molecule has 128 valence electrons. The van der Waals surface area contributed by atoms with Crippen LogP contribution in [-0.2, 0) is 21.5 Å². The molecule has 23 heavy (non-hydrogen) atoms. The summed E-state index contributed by atoms with van der Waals surface area (Å²) in [5.41, 5.74) is -0.0811. The smallest absolute Gasteiger partial charge is 0.308 e. The standard InChI is InChI=1S/C17H26N2O3S/c1-16(2,3)15-18-9-13(23-15)10-19-6-4-17(5-7-19)8-12(11-22-17)14(20)21/h9,12H,4-8,10-11H2,1-3H3,(H,20,21). The predicted octanol–water partition coefficient (Wildman–Crippen LogP) is 2.90. The average molecular weight is 338 g/mol. The Kier molecular flexibility index (Phi) is 4.51. The number of ether oxygens (including phenoxy) is 1. The SMILES string of the molecule is CC(C)(C)c1ncc(CN2CCC3(CC2)CC(C(=O)O)CO3)s1. The maximum atomic E-state index is 11.1. The third-order valence-electron chi connectivity index (χ3n) is 4.90. The first-order valence-corrected chi connectivity index (χ1v) is 9.13. The third-order valence-corrected chi connectivity index (χ3v) is 6.31. The Bertz CT molecular complexity index is 571. The van der Waals surface area contributed by atoms with E-state index in [0.717, 1.165) is 32.5 Å². The molecule has 2 fully saturated rings. The Morgan fingerprint density at radius 3 is 2.70 bits per heavy atom. The summed E-state index contributed by atoms with van der Waals surface area (Å²) in [5.74, 6) is -1.04. The fourth-order valence-corrected chi connectivity index (χ4v) is 4.43. The molecule has 0 saturated carbocycles. The number of carbonyl (C=O) groups is 1. The van der Waals surface area contributed by atoms with E-state index in [1.165, 1.54) is 9.88 Å². The predicted molar refractivity (Wildman–Crippen MR) is 89.8 cm³/mol. The van der Waals surface area contributed by atoms with Gasteiger partial charge in [0.1, 0.15) is 0 Å². The van der Waals surface area contributed by atoms with Gasteiger partial charge in [0, 0.05) is 36.1 Å². The van der Waals surface area contributed by atoms with Crippen LogP contribution in [0.5, 0.6) is 0 Å². The zero-order valence-corrected chi connectivity index (χ0v) is 15.0. The lowest BCUT2D eigenvalue weighted by Gasteiger charge is -2.38. The van der Waals surface area contributed by atoms with Crippen molar-refractivity contribution in [3.05, 3.63) is 16.1 Å². The number of likely N-dealkylation sites (tertiary alicyclic amines) is 1. The number of piperidine rings is 1. The highest BCUT2D eigenvalue weighted by Gasteiger charge is 2.44. The molecule has 0 aliphatic carbocycles. The Morgan fingerprint density at radius 1 is 1.48 bits per heavy atom. The fraction of sp³-hybridized carbons (Fsp3) is 0.765. The van der Waals surface area contributed by atoms with E-state index in [4.69, 9.17) is 9.84 Å². The number of thiazole rings is 1. The highest BCUT2D eigenvalue weighted by molar-refractivity contribution is 7.11. The summed E-state index contributed by atoms with van der Waals surface area (Å²) in [7, 11) is 0. The molecule has 6 heteroatoms. The highest BCUT2D eigenvalue weighted by Crippen LogP contribution is 2.39. The number of aliphatic carboxylic acids is 1. The number of carboxylic acids is 1. The first-order valence-electron chi connectivity index (χ1n) is 8.32. The highest BCUT2D eigenvalue weighted by atomic mass is 32.1. The molecule has 1 N–H and O–H groups in total. The monoisotopic (exact) mass is 338 g/mol. The summed E-state index contributed by atoms with van der Waals surface area (Å²) in [6, 6.07) is 0. The summed E-state index contributed by atoms with van der Waals surface area (Å²) >= 11 is 1.80. The molecule has 0 aromatic carbocycles. The summed E-state index contributed by atoms with van der Waals surface area (Å²) < 4.78 is 5.89. The number of nitrogens with zero attached hydrogens (tertiary/aromatic N) is 2. The van der Waals surface area contributed by atoms with Crippen molar-refractivity contribution in [3.8, 4) is 0 Å².